The molecule has 1 amide bonds. The van der Waals surface area contributed by atoms with Crippen LogP contribution in [0.4, 0.5) is 4.79 Å². The van der Waals surface area contributed by atoms with E-state index >= 15 is 0 Å². The normalized spacial score (nSPS) is 11.4. The van der Waals surface area contributed by atoms with Gasteiger partial charge in [-0.05, 0) is 54.9 Å². The van der Waals surface area contributed by atoms with Gasteiger partial charge in [0.15, 0.2) is 6.61 Å². The number of rotatable bonds is 14. The van der Waals surface area contributed by atoms with E-state index in [1.54, 1.807) is 6.07 Å². The molecule has 206 valence electrons. The molecular formula is C26H34Cl2N5O3PS. The third kappa shape index (κ3) is 9.04. The third-order valence-electron chi connectivity index (χ3n) is 5.29. The number of hydrogen-bond donors (Lipinski definition) is 3. The Bertz CT molecular complexity index is 1180. The van der Waals surface area contributed by atoms with Crippen molar-refractivity contribution in [3.63, 3.8) is 0 Å². The number of carbonyl (C=O) groups is 1. The molecule has 4 N–H and O–H groups in total. The molecule has 38 heavy (non-hydrogen) atoms. The number of halogens is 2. The molecule has 0 radical (unpaired) electrons. The molecule has 3 aromatic rings. The molecule has 0 fully saturated rings. The molecule has 1 aromatic heterocycles. The number of imidazole rings is 1. The van der Waals surface area contributed by atoms with Crippen LogP contribution in [-0.4, -0.2) is 35.1 Å². The summed E-state index contributed by atoms with van der Waals surface area (Å²) in [6.45, 7) is 10.5. The lowest BCUT2D eigenvalue weighted by Crippen LogP contribution is -2.22. The van der Waals surface area contributed by atoms with E-state index in [9.17, 15) is 4.79 Å². The number of nitrogens with one attached hydrogen (secondary N) is 2. The highest BCUT2D eigenvalue weighted by Gasteiger charge is 2.22. The first kappa shape index (κ1) is 30.5. The van der Waals surface area contributed by atoms with Crippen molar-refractivity contribution in [2.24, 2.45) is 5.73 Å². The number of amides is 1. The number of primary amides is 1. The minimum atomic E-state index is -0.849. The van der Waals surface area contributed by atoms with Gasteiger partial charge in [-0.15, -0.1) is 0 Å². The van der Waals surface area contributed by atoms with Gasteiger partial charge in [0, 0.05) is 21.5 Å². The summed E-state index contributed by atoms with van der Waals surface area (Å²) in [4.78, 5) is 17.1. The Labute approximate surface area is 239 Å². The van der Waals surface area contributed by atoms with Gasteiger partial charge in [0.2, 0.25) is 0 Å². The van der Waals surface area contributed by atoms with E-state index in [1.807, 2.05) is 41.0 Å². The number of nitrogens with zero attached hydrogens (tertiary/aromatic N) is 2. The Kier molecular flexibility index (Phi) is 12.0. The third-order valence-corrected chi connectivity index (χ3v) is 8.60. The van der Waals surface area contributed by atoms with Crippen LogP contribution in [0.2, 0.25) is 10.0 Å². The van der Waals surface area contributed by atoms with Crippen molar-refractivity contribution in [3.8, 4) is 5.75 Å². The molecule has 12 heteroatoms. The number of nitrogens with two attached hydrogens (primary N) is 1. The number of aromatic nitrogens is 2. The van der Waals surface area contributed by atoms with Crippen molar-refractivity contribution in [3.05, 3.63) is 69.6 Å². The average molecular weight is 599 g/mol. The van der Waals surface area contributed by atoms with Gasteiger partial charge in [0.25, 0.3) is 0 Å². The summed E-state index contributed by atoms with van der Waals surface area (Å²) in [6.07, 6.45) is -0.272. The molecule has 0 aliphatic rings. The predicted octanol–water partition coefficient (Wildman–Crippen LogP) is 6.98. The lowest BCUT2D eigenvalue weighted by atomic mass is 10.1. The standard InChI is InChI=1S/C26H34Cl2N5O3PS/c1-5-30-37(31-6-2)16-36-21-9-7-18(8-10-21)14-33-23(15-35-26(29)34)32-24(17(3)4)25(33)38-22-12-19(27)11-20(28)13-22/h7-13,17,30-31H,5-6,14-16H2,1-4H3,(H2,29,34). The van der Waals surface area contributed by atoms with Gasteiger partial charge in [-0.25, -0.2) is 9.78 Å². The fraction of sp³-hybridized carbons (Fsp3) is 0.385. The molecule has 1 heterocycles. The van der Waals surface area contributed by atoms with Gasteiger partial charge in [-0.1, -0.05) is 74.8 Å². The fourth-order valence-electron chi connectivity index (χ4n) is 3.64. The highest BCUT2D eigenvalue weighted by atomic mass is 35.5. The summed E-state index contributed by atoms with van der Waals surface area (Å²) in [5.41, 5.74) is 7.18. The van der Waals surface area contributed by atoms with E-state index in [-0.39, 0.29) is 12.5 Å². The van der Waals surface area contributed by atoms with Crippen LogP contribution in [0.25, 0.3) is 0 Å². The Balaban J connectivity index is 1.89. The molecule has 3 rings (SSSR count). The van der Waals surface area contributed by atoms with Crippen LogP contribution in [-0.2, 0) is 17.9 Å². The highest BCUT2D eigenvalue weighted by Crippen LogP contribution is 2.38. The maximum absolute atomic E-state index is 11.4. The second-order valence-electron chi connectivity index (χ2n) is 8.64. The fourth-order valence-corrected chi connectivity index (χ4v) is 6.89. The molecule has 0 saturated heterocycles. The molecule has 0 aliphatic heterocycles. The minimum Gasteiger partial charge on any atom is -0.486 e. The predicted molar refractivity (Wildman–Crippen MR) is 157 cm³/mol. The SMILES string of the molecule is CCNP(COc1ccc(Cn2c(COC(N)=O)nc(C(C)C)c2Sc2cc(Cl)cc(Cl)c2)cc1)NCC. The Hall–Kier alpha value is -2.00. The Morgan fingerprint density at radius 1 is 1.11 bits per heavy atom. The van der Waals surface area contributed by atoms with Crippen LogP contribution in [0, 0.1) is 0 Å². The minimum absolute atomic E-state index is 0.0362. The molecule has 8 nitrogen and oxygen atoms in total. The Morgan fingerprint density at radius 2 is 1.74 bits per heavy atom. The van der Waals surface area contributed by atoms with Crippen molar-refractivity contribution < 1.29 is 14.3 Å². The lowest BCUT2D eigenvalue weighted by Gasteiger charge is -2.19. The van der Waals surface area contributed by atoms with Gasteiger partial charge in [0.05, 0.1) is 13.9 Å². The van der Waals surface area contributed by atoms with Crippen molar-refractivity contribution >= 4 is 49.3 Å². The van der Waals surface area contributed by atoms with Gasteiger partial charge >= 0.3 is 6.09 Å². The molecule has 0 bridgehead atoms. The van der Waals surface area contributed by atoms with Crippen LogP contribution in [0.5, 0.6) is 5.75 Å². The van der Waals surface area contributed by atoms with Gasteiger partial charge < -0.3 is 19.8 Å². The second kappa shape index (κ2) is 15.0. The maximum atomic E-state index is 11.4. The van der Waals surface area contributed by atoms with Crippen LogP contribution in [0.15, 0.2) is 52.4 Å². The summed E-state index contributed by atoms with van der Waals surface area (Å²) in [6, 6.07) is 13.4. The highest BCUT2D eigenvalue weighted by molar-refractivity contribution is 7.99. The molecule has 0 atom stereocenters. The number of benzene rings is 2. The molecule has 0 aliphatic carbocycles. The topological polar surface area (TPSA) is 103 Å². The number of ether oxygens (including phenoxy) is 2. The van der Waals surface area contributed by atoms with Crippen LogP contribution >= 0.6 is 43.2 Å². The van der Waals surface area contributed by atoms with Gasteiger partial charge in [0.1, 0.15) is 22.9 Å². The zero-order valence-electron chi connectivity index (χ0n) is 22.0. The Morgan fingerprint density at radius 3 is 2.29 bits per heavy atom. The van der Waals surface area contributed by atoms with Gasteiger partial charge in [-0.2, -0.15) is 0 Å². The summed E-state index contributed by atoms with van der Waals surface area (Å²) < 4.78 is 13.2. The first-order valence-corrected chi connectivity index (χ1v) is 15.4. The number of hydrogen-bond acceptors (Lipinski definition) is 7. The van der Waals surface area contributed by atoms with E-state index in [2.05, 4.69) is 37.9 Å². The zero-order chi connectivity index (χ0) is 27.7. The van der Waals surface area contributed by atoms with Crippen LogP contribution in [0.1, 0.15) is 50.7 Å². The molecule has 0 spiro atoms. The largest absolute Gasteiger partial charge is 0.486 e. The van der Waals surface area contributed by atoms with E-state index in [0.29, 0.717) is 28.8 Å². The zero-order valence-corrected chi connectivity index (χ0v) is 25.2. The summed E-state index contributed by atoms with van der Waals surface area (Å²) in [7, 11) is -0.591. The van der Waals surface area contributed by atoms with Crippen molar-refractivity contribution in [1.29, 1.82) is 0 Å². The quantitative estimate of drug-likeness (QED) is 0.172. The monoisotopic (exact) mass is 597 g/mol. The van der Waals surface area contributed by atoms with E-state index in [1.165, 1.54) is 11.8 Å². The summed E-state index contributed by atoms with van der Waals surface area (Å²) >= 11 is 14.0. The van der Waals surface area contributed by atoms with Crippen molar-refractivity contribution in [2.45, 2.75) is 56.7 Å². The first-order valence-electron chi connectivity index (χ1n) is 12.3. The lowest BCUT2D eigenvalue weighted by molar-refractivity contribution is 0.145. The molecule has 0 saturated carbocycles. The van der Waals surface area contributed by atoms with E-state index in [0.717, 1.165) is 40.0 Å². The molecule has 2 aromatic carbocycles. The first-order chi connectivity index (χ1) is 18.2. The average Bonchev–Trinajstić information content (AvgIpc) is 3.18. The molecular weight excluding hydrogens is 564 g/mol. The van der Waals surface area contributed by atoms with E-state index in [4.69, 9.17) is 43.4 Å². The van der Waals surface area contributed by atoms with Gasteiger partial charge in [-0.3, -0.25) is 10.2 Å². The molecule has 0 unspecified atom stereocenters. The van der Waals surface area contributed by atoms with E-state index < -0.39 is 14.3 Å². The van der Waals surface area contributed by atoms with Crippen LogP contribution in [0.3, 0.4) is 0 Å². The summed E-state index contributed by atoms with van der Waals surface area (Å²) in [5.74, 6) is 1.52. The summed E-state index contributed by atoms with van der Waals surface area (Å²) in [5, 5.41) is 8.87. The smallest absolute Gasteiger partial charge is 0.404 e. The number of carbonyl (C=O) groups excluding carboxylic acids is 1. The van der Waals surface area contributed by atoms with Crippen molar-refractivity contribution in [1.82, 2.24) is 19.7 Å². The van der Waals surface area contributed by atoms with Crippen LogP contribution < -0.4 is 20.6 Å². The van der Waals surface area contributed by atoms with Crippen molar-refractivity contribution in [2.75, 3.05) is 19.4 Å². The maximum Gasteiger partial charge on any atom is 0.404 e. The second-order valence-corrected chi connectivity index (χ2v) is 12.3.